The zero-order valence-electron chi connectivity index (χ0n) is 32.2. The third kappa shape index (κ3) is 8.11. The molecule has 4 amide bonds. The van der Waals surface area contributed by atoms with E-state index in [1.807, 2.05) is 20.8 Å². The van der Waals surface area contributed by atoms with E-state index in [2.05, 4.69) is 68.1 Å². The number of fused-ring (bicyclic) bond motifs is 6. The van der Waals surface area contributed by atoms with E-state index in [-0.39, 0.29) is 37.5 Å². The maximum Gasteiger partial charge on any atom is 0.407 e. The van der Waals surface area contributed by atoms with E-state index in [9.17, 15) is 19.2 Å². The number of aromatic nitrogens is 2. The molecule has 15 nitrogen and oxygen atoms in total. The van der Waals surface area contributed by atoms with Crippen LogP contribution in [0.1, 0.15) is 75.0 Å². The van der Waals surface area contributed by atoms with Gasteiger partial charge >= 0.3 is 12.2 Å². The quantitative estimate of drug-likeness (QED) is 0.103. The van der Waals surface area contributed by atoms with Crippen LogP contribution in [0.4, 0.5) is 15.3 Å². The fourth-order valence-electron chi connectivity index (χ4n) is 7.33. The number of ether oxygens (including phenoxy) is 2. The Kier molecular flexibility index (Phi) is 11.1. The predicted octanol–water partition coefficient (Wildman–Crippen LogP) is 5.98. The number of aromatic amines is 1. The minimum absolute atomic E-state index is 0.108. The average molecular weight is 765 g/mol. The normalized spacial score (nSPS) is 14.5. The lowest BCUT2D eigenvalue weighted by atomic mass is 9.91. The van der Waals surface area contributed by atoms with Crippen molar-refractivity contribution in [2.45, 2.75) is 78.1 Å². The lowest BCUT2D eigenvalue weighted by molar-refractivity contribution is -0.131. The van der Waals surface area contributed by atoms with Crippen LogP contribution < -0.4 is 20.7 Å². The van der Waals surface area contributed by atoms with Gasteiger partial charge in [-0.05, 0) is 72.9 Å². The Morgan fingerprint density at radius 3 is 2.54 bits per heavy atom. The molecule has 4 aromatic rings. The minimum atomic E-state index is -1.24. The van der Waals surface area contributed by atoms with Crippen molar-refractivity contribution < 1.29 is 33.8 Å². The van der Waals surface area contributed by atoms with Crippen molar-refractivity contribution in [3.05, 3.63) is 65.1 Å². The van der Waals surface area contributed by atoms with E-state index >= 15 is 0 Å². The van der Waals surface area contributed by atoms with Crippen LogP contribution in [0.2, 0.25) is 0 Å². The summed E-state index contributed by atoms with van der Waals surface area (Å²) in [5.74, 6) is 1.96. The van der Waals surface area contributed by atoms with Gasteiger partial charge in [0.25, 0.3) is 0 Å². The molecule has 2 aliphatic heterocycles. The number of H-pyrrole nitrogens is 1. The molecule has 7 rings (SSSR count). The van der Waals surface area contributed by atoms with Gasteiger partial charge in [0.2, 0.25) is 11.8 Å². The number of carbonyl (C=O) groups is 4. The average Bonchev–Trinajstić information content (AvgIpc) is 3.98. The number of alkyl carbamates (subject to hydrolysis) is 1. The Morgan fingerprint density at radius 2 is 1.80 bits per heavy atom. The summed E-state index contributed by atoms with van der Waals surface area (Å²) in [7, 11) is 1.26. The summed E-state index contributed by atoms with van der Waals surface area (Å²) in [5.41, 5.74) is 8.06. The van der Waals surface area contributed by atoms with Gasteiger partial charge < -0.3 is 45.3 Å². The van der Waals surface area contributed by atoms with Crippen LogP contribution in [0.5, 0.6) is 5.75 Å². The number of amides is 4. The highest BCUT2D eigenvalue weighted by Crippen LogP contribution is 2.46. The van der Waals surface area contributed by atoms with Crippen LogP contribution in [0.25, 0.3) is 33.2 Å². The molecular weight excluding hydrogens is 716 g/mol. The van der Waals surface area contributed by atoms with Crippen molar-refractivity contribution in [3.8, 4) is 28.1 Å². The second-order valence-electron chi connectivity index (χ2n) is 14.5. The van der Waals surface area contributed by atoms with E-state index < -0.39 is 12.2 Å². The van der Waals surface area contributed by atoms with Gasteiger partial charge in [-0.25, -0.2) is 14.6 Å². The summed E-state index contributed by atoms with van der Waals surface area (Å²) in [6.45, 7) is 7.37. The predicted molar refractivity (Wildman–Crippen MR) is 212 cm³/mol. The van der Waals surface area contributed by atoms with Crippen molar-refractivity contribution in [2.24, 2.45) is 4.99 Å². The van der Waals surface area contributed by atoms with Crippen molar-refractivity contribution >= 4 is 46.3 Å². The van der Waals surface area contributed by atoms with Crippen LogP contribution in [0.15, 0.2) is 47.5 Å². The van der Waals surface area contributed by atoms with Gasteiger partial charge in [0.15, 0.2) is 0 Å². The van der Waals surface area contributed by atoms with E-state index in [1.165, 1.54) is 7.11 Å². The molecule has 1 aliphatic carbocycles. The Labute approximate surface area is 324 Å². The largest absolute Gasteiger partial charge is 0.488 e. The molecule has 3 aromatic carbocycles. The molecular formula is C41H48N8O7. The molecule has 0 saturated heterocycles. The van der Waals surface area contributed by atoms with Crippen LogP contribution in [0.3, 0.4) is 0 Å². The minimum Gasteiger partial charge on any atom is -0.488 e. The van der Waals surface area contributed by atoms with Crippen molar-refractivity contribution in [2.75, 3.05) is 38.6 Å². The highest BCUT2D eigenvalue weighted by molar-refractivity contribution is 6.09. The lowest BCUT2D eigenvalue weighted by Crippen LogP contribution is -2.48. The molecule has 0 spiro atoms. The Morgan fingerprint density at radius 1 is 1.00 bits per heavy atom. The Bertz CT molecular complexity index is 2210. The molecule has 5 N–H and O–H groups in total. The van der Waals surface area contributed by atoms with Crippen LogP contribution in [-0.2, 0) is 34.0 Å². The maximum atomic E-state index is 13.0. The van der Waals surface area contributed by atoms with Gasteiger partial charge in [-0.1, -0.05) is 38.1 Å². The number of carboxylic acid groups (broad SMARTS) is 1. The lowest BCUT2D eigenvalue weighted by Gasteiger charge is -2.31. The molecule has 3 heterocycles. The first-order valence-corrected chi connectivity index (χ1v) is 19.2. The number of benzene rings is 3. The maximum absolute atomic E-state index is 13.0. The molecule has 294 valence electrons. The zero-order chi connectivity index (χ0) is 39.5. The molecule has 15 heteroatoms. The SMILES string of the molecule is CCCN(Cc1nc(C2CC2)c(-c2ccc3c(c2)COc2cc4c5c(ccc4cc2-3)CN=C(CN(C(=O)CNC(=O)O)[C@@H](C)CC)N5)[nH]1)C(=O)CNC(=O)OC. The van der Waals surface area contributed by atoms with Gasteiger partial charge in [0.05, 0.1) is 43.8 Å². The van der Waals surface area contributed by atoms with Gasteiger partial charge in [0.1, 0.15) is 37.1 Å². The van der Waals surface area contributed by atoms with Gasteiger partial charge in [-0.3, -0.25) is 14.6 Å². The second-order valence-corrected chi connectivity index (χ2v) is 14.5. The first-order chi connectivity index (χ1) is 27.1. The summed E-state index contributed by atoms with van der Waals surface area (Å²) >= 11 is 0. The third-order valence-electron chi connectivity index (χ3n) is 10.6. The molecule has 1 saturated carbocycles. The van der Waals surface area contributed by atoms with Gasteiger partial charge in [-0.2, -0.15) is 0 Å². The highest BCUT2D eigenvalue weighted by atomic mass is 16.5. The van der Waals surface area contributed by atoms with E-state index in [1.54, 1.807) is 9.80 Å². The van der Waals surface area contributed by atoms with E-state index in [0.29, 0.717) is 50.2 Å². The Hall–Kier alpha value is -6.12. The number of hydrogen-bond donors (Lipinski definition) is 5. The fraction of sp³-hybridized carbons (Fsp3) is 0.415. The summed E-state index contributed by atoms with van der Waals surface area (Å²) in [4.78, 5) is 65.2. The topological polar surface area (TPSA) is 191 Å². The molecule has 1 atom stereocenters. The first kappa shape index (κ1) is 38.2. The summed E-state index contributed by atoms with van der Waals surface area (Å²) in [6, 6.07) is 14.7. The first-order valence-electron chi connectivity index (χ1n) is 19.2. The van der Waals surface area contributed by atoms with Crippen molar-refractivity contribution in [1.29, 1.82) is 0 Å². The number of imidazole rings is 1. The molecule has 0 bridgehead atoms. The number of aliphatic imine (C=N–C) groups is 1. The molecule has 56 heavy (non-hydrogen) atoms. The number of anilines is 1. The summed E-state index contributed by atoms with van der Waals surface area (Å²) in [6.07, 6.45) is 1.71. The van der Waals surface area contributed by atoms with Crippen molar-refractivity contribution in [3.63, 3.8) is 0 Å². The molecule has 3 aliphatic rings. The van der Waals surface area contributed by atoms with Crippen LogP contribution >= 0.6 is 0 Å². The molecule has 0 unspecified atom stereocenters. The van der Waals surface area contributed by atoms with Crippen LogP contribution in [-0.4, -0.2) is 94.0 Å². The van der Waals surface area contributed by atoms with Gasteiger partial charge in [-0.15, -0.1) is 0 Å². The van der Waals surface area contributed by atoms with Crippen LogP contribution in [0, 0.1) is 0 Å². The fourth-order valence-corrected chi connectivity index (χ4v) is 7.33. The zero-order valence-corrected chi connectivity index (χ0v) is 32.2. The smallest absolute Gasteiger partial charge is 0.407 e. The number of hydrogen-bond acceptors (Lipinski definition) is 9. The van der Waals surface area contributed by atoms with Crippen molar-refractivity contribution in [1.82, 2.24) is 30.4 Å². The number of nitrogens with one attached hydrogen (secondary N) is 4. The number of rotatable bonds is 14. The van der Waals surface area contributed by atoms with E-state index in [4.69, 9.17) is 19.8 Å². The molecule has 1 aromatic heterocycles. The molecule has 0 radical (unpaired) electrons. The van der Waals surface area contributed by atoms with Gasteiger partial charge in [0, 0.05) is 35.0 Å². The number of amidine groups is 1. The number of carbonyl (C=O) groups excluding carboxylic acids is 3. The second kappa shape index (κ2) is 16.3. The van der Waals surface area contributed by atoms with E-state index in [0.717, 1.165) is 80.7 Å². The summed E-state index contributed by atoms with van der Waals surface area (Å²) < 4.78 is 11.0. The third-order valence-corrected chi connectivity index (χ3v) is 10.6. The monoisotopic (exact) mass is 764 g/mol. The molecule has 1 fully saturated rings. The highest BCUT2D eigenvalue weighted by Gasteiger charge is 2.32. The summed E-state index contributed by atoms with van der Waals surface area (Å²) in [5, 5.41) is 19.2. The number of methoxy groups -OCH3 is 1. The Balaban J connectivity index is 1.12. The standard InChI is InChI=1S/C41H48N8O7/c1-5-13-48(35(50)18-44-41(54)55-4)20-34-46-38(24-7-8-24)39(47-34)26-11-12-29-28(14-26)22-56-32-16-30-25(15-31(29)32)9-10-27-17-42-33(45-37(27)30)21-49(23(3)6-2)36(51)19-43-40(52)53/h9-12,14-16,23-24,43H,5-8,13,17-22H2,1-4H3,(H,42,45)(H,44,54)(H,46,47)(H,52,53)/t23-/m0/s1. The number of nitrogens with zero attached hydrogens (tertiary/aromatic N) is 4.